The Kier molecular flexibility index (Phi) is 5.07. The average Bonchev–Trinajstić information content (AvgIpc) is 3.00. The van der Waals surface area contributed by atoms with Gasteiger partial charge in [0, 0.05) is 18.3 Å². The van der Waals surface area contributed by atoms with Gasteiger partial charge in [-0.3, -0.25) is 4.79 Å². The van der Waals surface area contributed by atoms with Crippen LogP contribution in [0.5, 0.6) is 0 Å². The van der Waals surface area contributed by atoms with Crippen LogP contribution < -0.4 is 0 Å². The predicted molar refractivity (Wildman–Crippen MR) is 77.2 cm³/mol. The highest BCUT2D eigenvalue weighted by atomic mass is 32.2. The summed E-state index contributed by atoms with van der Waals surface area (Å²) in [4.78, 5) is 14.0. The van der Waals surface area contributed by atoms with Crippen molar-refractivity contribution in [1.82, 2.24) is 4.90 Å². The van der Waals surface area contributed by atoms with Gasteiger partial charge in [-0.15, -0.1) is 0 Å². The van der Waals surface area contributed by atoms with E-state index in [0.29, 0.717) is 0 Å². The van der Waals surface area contributed by atoms with Crippen LogP contribution in [0.4, 0.5) is 0 Å². The fraction of sp³-hybridized carbons (Fsp3) is 0.929. The van der Waals surface area contributed by atoms with E-state index in [0.717, 1.165) is 25.7 Å². The highest BCUT2D eigenvalue weighted by Gasteiger charge is 2.36. The van der Waals surface area contributed by atoms with Gasteiger partial charge in [-0.2, -0.15) is 0 Å². The van der Waals surface area contributed by atoms with Gasteiger partial charge in [-0.1, -0.05) is 12.8 Å². The average molecular weight is 303 g/mol. The van der Waals surface area contributed by atoms with E-state index in [-0.39, 0.29) is 36.5 Å². The molecule has 0 aromatic heterocycles. The van der Waals surface area contributed by atoms with E-state index >= 15 is 0 Å². The maximum atomic E-state index is 12.3. The second-order valence-corrected chi connectivity index (χ2v) is 8.38. The molecule has 0 N–H and O–H groups in total. The number of amides is 1. The molecule has 2 saturated carbocycles. The van der Waals surface area contributed by atoms with Gasteiger partial charge >= 0.3 is 0 Å². The number of hydrogen-bond donors (Lipinski definition) is 0. The van der Waals surface area contributed by atoms with Crippen molar-refractivity contribution in [3.05, 3.63) is 0 Å². The Balaban J connectivity index is 1.88. The molecule has 20 heavy (non-hydrogen) atoms. The van der Waals surface area contributed by atoms with Crippen LogP contribution in [0.25, 0.3) is 0 Å². The Morgan fingerprint density at radius 1 is 1.25 bits per heavy atom. The van der Waals surface area contributed by atoms with Crippen LogP contribution in [-0.2, 0) is 19.4 Å². The van der Waals surface area contributed by atoms with E-state index in [9.17, 15) is 13.2 Å². The molecule has 0 spiro atoms. The second-order valence-electron chi connectivity index (χ2n) is 6.19. The molecule has 2 aliphatic rings. The van der Waals surface area contributed by atoms with Crippen molar-refractivity contribution in [1.29, 1.82) is 0 Å². The van der Waals surface area contributed by atoms with Crippen LogP contribution in [0.1, 0.15) is 45.4 Å². The van der Waals surface area contributed by atoms with E-state index < -0.39 is 9.84 Å². The molecule has 0 aliphatic heterocycles. The lowest BCUT2D eigenvalue weighted by Crippen LogP contribution is -2.45. The molecule has 1 amide bonds. The van der Waals surface area contributed by atoms with Crippen molar-refractivity contribution in [3.8, 4) is 0 Å². The van der Waals surface area contributed by atoms with Crippen LogP contribution in [0.2, 0.25) is 0 Å². The van der Waals surface area contributed by atoms with Crippen molar-refractivity contribution in [2.75, 3.05) is 18.6 Å². The van der Waals surface area contributed by atoms with Crippen LogP contribution in [0, 0.1) is 0 Å². The first kappa shape index (κ1) is 15.8. The van der Waals surface area contributed by atoms with E-state index in [1.807, 2.05) is 6.92 Å². The van der Waals surface area contributed by atoms with E-state index in [4.69, 9.17) is 4.74 Å². The van der Waals surface area contributed by atoms with Gasteiger partial charge < -0.3 is 9.64 Å². The minimum atomic E-state index is -3.07. The zero-order chi connectivity index (χ0) is 14.8. The van der Waals surface area contributed by atoms with Gasteiger partial charge in [0.25, 0.3) is 0 Å². The molecule has 1 unspecified atom stereocenters. The summed E-state index contributed by atoms with van der Waals surface area (Å²) >= 11 is 0. The van der Waals surface area contributed by atoms with Gasteiger partial charge in [-0.25, -0.2) is 8.42 Å². The zero-order valence-electron chi connectivity index (χ0n) is 12.4. The van der Waals surface area contributed by atoms with Gasteiger partial charge in [0.1, 0.15) is 16.4 Å². The Hall–Kier alpha value is -0.620. The monoisotopic (exact) mass is 303 g/mol. The maximum Gasteiger partial charge on any atom is 0.249 e. The summed E-state index contributed by atoms with van der Waals surface area (Å²) in [7, 11) is -3.07. The summed E-state index contributed by atoms with van der Waals surface area (Å²) in [6, 6.07) is -0.0522. The number of carbonyl (C=O) groups excluding carboxylic acids is 1. The van der Waals surface area contributed by atoms with Gasteiger partial charge in [0.15, 0.2) is 0 Å². The van der Waals surface area contributed by atoms with Crippen LogP contribution >= 0.6 is 0 Å². The lowest BCUT2D eigenvalue weighted by molar-refractivity contribution is -0.140. The molecular formula is C14H25NO4S. The molecule has 0 radical (unpaired) electrons. The first-order valence-corrected chi connectivity index (χ1v) is 9.53. The van der Waals surface area contributed by atoms with E-state index in [2.05, 4.69) is 0 Å². The summed E-state index contributed by atoms with van der Waals surface area (Å²) < 4.78 is 28.5. The third-order valence-corrected chi connectivity index (χ3v) is 5.08. The Morgan fingerprint density at radius 2 is 1.85 bits per heavy atom. The lowest BCUT2D eigenvalue weighted by Gasteiger charge is -2.29. The quantitative estimate of drug-likeness (QED) is 0.712. The van der Waals surface area contributed by atoms with Gasteiger partial charge in [0.05, 0.1) is 11.9 Å². The summed E-state index contributed by atoms with van der Waals surface area (Å²) in [5.74, 6) is -0.0332. The molecular weight excluding hydrogens is 278 g/mol. The largest absolute Gasteiger partial charge is 0.368 e. The molecule has 2 rings (SSSR count). The highest BCUT2D eigenvalue weighted by molar-refractivity contribution is 7.90. The van der Waals surface area contributed by atoms with Crippen molar-refractivity contribution in [2.45, 2.75) is 63.6 Å². The number of sulfone groups is 1. The Bertz CT molecular complexity index is 438. The number of rotatable bonds is 7. The standard InChI is InChI=1S/C14H25NO4S/c1-11(10-20(2,17)18)15(12-7-8-12)14(16)9-19-13-5-3-4-6-13/h11-13H,3-10H2,1-2H3. The van der Waals surface area contributed by atoms with Crippen molar-refractivity contribution >= 4 is 15.7 Å². The normalized spacial score (nSPS) is 21.9. The topological polar surface area (TPSA) is 63.7 Å². The highest BCUT2D eigenvalue weighted by Crippen LogP contribution is 2.29. The second kappa shape index (κ2) is 6.43. The van der Waals surface area contributed by atoms with Crippen LogP contribution in [0.15, 0.2) is 0 Å². The Morgan fingerprint density at radius 3 is 2.35 bits per heavy atom. The van der Waals surface area contributed by atoms with Gasteiger partial charge in [0.2, 0.25) is 5.91 Å². The minimum absolute atomic E-state index is 0.0265. The maximum absolute atomic E-state index is 12.3. The van der Waals surface area contributed by atoms with Crippen molar-refractivity contribution in [2.24, 2.45) is 0 Å². The molecule has 0 saturated heterocycles. The molecule has 0 bridgehead atoms. The summed E-state index contributed by atoms with van der Waals surface area (Å²) in [5, 5.41) is 0. The SMILES string of the molecule is CC(CS(C)(=O)=O)N(C(=O)COC1CCCC1)C1CC1. The zero-order valence-corrected chi connectivity index (χ0v) is 13.2. The third-order valence-electron chi connectivity index (χ3n) is 3.99. The molecule has 2 fully saturated rings. The molecule has 2 aliphatic carbocycles. The molecule has 5 nitrogen and oxygen atoms in total. The molecule has 0 aromatic rings. The van der Waals surface area contributed by atoms with E-state index in [1.165, 1.54) is 19.1 Å². The minimum Gasteiger partial charge on any atom is -0.368 e. The molecule has 1 atom stereocenters. The summed E-state index contributed by atoms with van der Waals surface area (Å²) in [5.41, 5.74) is 0. The summed E-state index contributed by atoms with van der Waals surface area (Å²) in [6.45, 7) is 1.90. The number of nitrogens with zero attached hydrogens (tertiary/aromatic N) is 1. The fourth-order valence-corrected chi connectivity index (χ4v) is 4.04. The van der Waals surface area contributed by atoms with Crippen LogP contribution in [-0.4, -0.2) is 56.0 Å². The fourth-order valence-electron chi connectivity index (χ4n) is 3.00. The first-order chi connectivity index (χ1) is 9.37. The third kappa shape index (κ3) is 4.74. The molecule has 0 heterocycles. The lowest BCUT2D eigenvalue weighted by atomic mass is 10.3. The smallest absolute Gasteiger partial charge is 0.249 e. The summed E-state index contributed by atoms with van der Waals surface area (Å²) in [6.07, 6.45) is 7.81. The molecule has 6 heteroatoms. The first-order valence-electron chi connectivity index (χ1n) is 7.47. The van der Waals surface area contributed by atoms with Crippen LogP contribution in [0.3, 0.4) is 0 Å². The van der Waals surface area contributed by atoms with Gasteiger partial charge in [-0.05, 0) is 32.6 Å². The Labute approximate surface area is 121 Å². The molecule has 0 aromatic carbocycles. The predicted octanol–water partition coefficient (Wildman–Crippen LogP) is 1.37. The number of hydrogen-bond acceptors (Lipinski definition) is 4. The van der Waals surface area contributed by atoms with E-state index in [1.54, 1.807) is 4.90 Å². The van der Waals surface area contributed by atoms with Crippen molar-refractivity contribution < 1.29 is 17.9 Å². The van der Waals surface area contributed by atoms with Crippen molar-refractivity contribution in [3.63, 3.8) is 0 Å². The molecule has 116 valence electrons. The number of ether oxygens (including phenoxy) is 1. The number of carbonyl (C=O) groups is 1.